The highest BCUT2D eigenvalue weighted by molar-refractivity contribution is 5.75. The van der Waals surface area contributed by atoms with Gasteiger partial charge < -0.3 is 5.32 Å². The molecule has 0 fully saturated rings. The second-order valence-electron chi connectivity index (χ2n) is 2.48. The van der Waals surface area contributed by atoms with Crippen LogP contribution in [0.2, 0.25) is 0 Å². The van der Waals surface area contributed by atoms with Gasteiger partial charge in [-0.2, -0.15) is 0 Å². The summed E-state index contributed by atoms with van der Waals surface area (Å²) in [4.78, 5) is 10.9. The second-order valence-corrected chi connectivity index (χ2v) is 2.48. The number of amides is 1. The van der Waals surface area contributed by atoms with Crippen molar-refractivity contribution in [3.05, 3.63) is 12.2 Å². The monoisotopic (exact) mass is 155 g/mol. The fourth-order valence-corrected chi connectivity index (χ4v) is 0.716. The third-order valence-electron chi connectivity index (χ3n) is 1.41. The topological polar surface area (TPSA) is 29.1 Å². The minimum Gasteiger partial charge on any atom is -0.353 e. The zero-order valence-electron chi connectivity index (χ0n) is 7.39. The molecule has 11 heavy (non-hydrogen) atoms. The number of nitrogens with one attached hydrogen (secondary N) is 1. The molecule has 0 unspecified atom stereocenters. The molecule has 0 atom stereocenters. The SMILES string of the molecule is C/C=C/CNC(=O)CCCC. The summed E-state index contributed by atoms with van der Waals surface area (Å²) < 4.78 is 0. The van der Waals surface area contributed by atoms with Crippen molar-refractivity contribution in [1.82, 2.24) is 5.32 Å². The predicted molar refractivity (Wildman–Crippen MR) is 47.3 cm³/mol. The predicted octanol–water partition coefficient (Wildman–Crippen LogP) is 1.87. The highest BCUT2D eigenvalue weighted by Gasteiger charge is 1.95. The third kappa shape index (κ3) is 7.10. The highest BCUT2D eigenvalue weighted by atomic mass is 16.1. The average molecular weight is 155 g/mol. The Kier molecular flexibility index (Phi) is 6.79. The van der Waals surface area contributed by atoms with E-state index in [1.54, 1.807) is 0 Å². The lowest BCUT2D eigenvalue weighted by Crippen LogP contribution is -2.22. The van der Waals surface area contributed by atoms with Gasteiger partial charge in [-0.15, -0.1) is 0 Å². The molecule has 1 N–H and O–H groups in total. The molecule has 0 saturated carbocycles. The minimum absolute atomic E-state index is 0.157. The molecule has 0 aliphatic heterocycles. The average Bonchev–Trinajstić information content (AvgIpc) is 2.01. The Labute approximate surface area is 68.7 Å². The number of carbonyl (C=O) groups excluding carboxylic acids is 1. The highest BCUT2D eigenvalue weighted by Crippen LogP contribution is 1.92. The van der Waals surface area contributed by atoms with Crippen LogP contribution in [0.15, 0.2) is 12.2 Å². The summed E-state index contributed by atoms with van der Waals surface area (Å²) in [5.41, 5.74) is 0. The molecule has 2 nitrogen and oxygen atoms in total. The fourth-order valence-electron chi connectivity index (χ4n) is 0.716. The van der Waals surface area contributed by atoms with Gasteiger partial charge in [-0.05, 0) is 13.3 Å². The lowest BCUT2D eigenvalue weighted by molar-refractivity contribution is -0.120. The van der Waals surface area contributed by atoms with E-state index in [-0.39, 0.29) is 5.91 Å². The van der Waals surface area contributed by atoms with Gasteiger partial charge in [-0.25, -0.2) is 0 Å². The molecule has 2 heteroatoms. The molecule has 0 rings (SSSR count). The quantitative estimate of drug-likeness (QED) is 0.603. The van der Waals surface area contributed by atoms with Crippen LogP contribution in [0.1, 0.15) is 33.1 Å². The Hall–Kier alpha value is -0.790. The maximum atomic E-state index is 10.9. The molecular formula is C9H17NO. The van der Waals surface area contributed by atoms with Crippen LogP contribution in [0.4, 0.5) is 0 Å². The summed E-state index contributed by atoms with van der Waals surface area (Å²) in [6.45, 7) is 4.69. The Bertz CT molecular complexity index is 130. The smallest absolute Gasteiger partial charge is 0.220 e. The molecule has 0 aliphatic rings. The molecular weight excluding hydrogens is 138 g/mol. The van der Waals surface area contributed by atoms with Crippen molar-refractivity contribution in [2.75, 3.05) is 6.54 Å². The van der Waals surface area contributed by atoms with Crippen LogP contribution < -0.4 is 5.32 Å². The maximum Gasteiger partial charge on any atom is 0.220 e. The first-order valence-electron chi connectivity index (χ1n) is 4.19. The first-order chi connectivity index (χ1) is 5.31. The van der Waals surface area contributed by atoms with Crippen molar-refractivity contribution >= 4 is 5.91 Å². The van der Waals surface area contributed by atoms with Gasteiger partial charge in [-0.1, -0.05) is 25.5 Å². The van der Waals surface area contributed by atoms with Crippen LogP contribution in [-0.2, 0) is 4.79 Å². The Balaban J connectivity index is 3.22. The molecule has 64 valence electrons. The molecule has 0 aromatic rings. The summed E-state index contributed by atoms with van der Waals surface area (Å²) in [6, 6.07) is 0. The van der Waals surface area contributed by atoms with Gasteiger partial charge in [-0.3, -0.25) is 4.79 Å². The zero-order chi connectivity index (χ0) is 8.53. The Morgan fingerprint density at radius 1 is 1.55 bits per heavy atom. The van der Waals surface area contributed by atoms with Crippen LogP contribution in [0.5, 0.6) is 0 Å². The summed E-state index contributed by atoms with van der Waals surface area (Å²) in [5.74, 6) is 0.157. The third-order valence-corrected chi connectivity index (χ3v) is 1.41. The zero-order valence-corrected chi connectivity index (χ0v) is 7.39. The first kappa shape index (κ1) is 10.2. The first-order valence-corrected chi connectivity index (χ1v) is 4.19. The van der Waals surface area contributed by atoms with Gasteiger partial charge in [0.2, 0.25) is 5.91 Å². The van der Waals surface area contributed by atoms with E-state index in [0.29, 0.717) is 13.0 Å². The largest absolute Gasteiger partial charge is 0.353 e. The van der Waals surface area contributed by atoms with E-state index in [1.807, 2.05) is 19.1 Å². The van der Waals surface area contributed by atoms with Crippen LogP contribution in [0.25, 0.3) is 0 Å². The van der Waals surface area contributed by atoms with E-state index in [2.05, 4.69) is 12.2 Å². The number of allylic oxidation sites excluding steroid dienone is 1. The number of rotatable bonds is 5. The lowest BCUT2D eigenvalue weighted by atomic mass is 10.2. The summed E-state index contributed by atoms with van der Waals surface area (Å²) in [7, 11) is 0. The Morgan fingerprint density at radius 3 is 2.82 bits per heavy atom. The summed E-state index contributed by atoms with van der Waals surface area (Å²) in [5, 5.41) is 2.79. The van der Waals surface area contributed by atoms with E-state index in [4.69, 9.17) is 0 Å². The van der Waals surface area contributed by atoms with E-state index < -0.39 is 0 Å². The van der Waals surface area contributed by atoms with Crippen molar-refractivity contribution < 1.29 is 4.79 Å². The van der Waals surface area contributed by atoms with E-state index in [0.717, 1.165) is 12.8 Å². The van der Waals surface area contributed by atoms with Crippen LogP contribution in [-0.4, -0.2) is 12.5 Å². The van der Waals surface area contributed by atoms with Gasteiger partial charge in [0, 0.05) is 13.0 Å². The van der Waals surface area contributed by atoms with Gasteiger partial charge in [0.1, 0.15) is 0 Å². The normalized spacial score (nSPS) is 10.4. The van der Waals surface area contributed by atoms with Gasteiger partial charge in [0.15, 0.2) is 0 Å². The summed E-state index contributed by atoms with van der Waals surface area (Å²) >= 11 is 0. The maximum absolute atomic E-state index is 10.9. The number of unbranched alkanes of at least 4 members (excludes halogenated alkanes) is 1. The molecule has 0 spiro atoms. The summed E-state index contributed by atoms with van der Waals surface area (Å²) in [6.07, 6.45) is 6.59. The molecule has 1 amide bonds. The molecule has 0 heterocycles. The van der Waals surface area contributed by atoms with Crippen molar-refractivity contribution in [2.45, 2.75) is 33.1 Å². The molecule has 0 aromatic carbocycles. The van der Waals surface area contributed by atoms with Gasteiger partial charge >= 0.3 is 0 Å². The van der Waals surface area contributed by atoms with Gasteiger partial charge in [0.25, 0.3) is 0 Å². The molecule has 0 aromatic heterocycles. The molecule has 0 aliphatic carbocycles. The number of hydrogen-bond acceptors (Lipinski definition) is 1. The van der Waals surface area contributed by atoms with Crippen LogP contribution >= 0.6 is 0 Å². The van der Waals surface area contributed by atoms with E-state index in [9.17, 15) is 4.79 Å². The minimum atomic E-state index is 0.157. The van der Waals surface area contributed by atoms with E-state index >= 15 is 0 Å². The van der Waals surface area contributed by atoms with Crippen molar-refractivity contribution in [3.63, 3.8) is 0 Å². The van der Waals surface area contributed by atoms with Crippen LogP contribution in [0, 0.1) is 0 Å². The standard InChI is InChI=1S/C9H17NO/c1-3-5-7-9(11)10-8-6-4-2/h4,6H,3,5,7-8H2,1-2H3,(H,10,11)/b6-4+. The van der Waals surface area contributed by atoms with E-state index in [1.165, 1.54) is 0 Å². The molecule has 0 saturated heterocycles. The molecule has 0 bridgehead atoms. The van der Waals surface area contributed by atoms with Crippen LogP contribution in [0.3, 0.4) is 0 Å². The fraction of sp³-hybridized carbons (Fsp3) is 0.667. The number of hydrogen-bond donors (Lipinski definition) is 1. The van der Waals surface area contributed by atoms with Crippen molar-refractivity contribution in [2.24, 2.45) is 0 Å². The second kappa shape index (κ2) is 7.32. The lowest BCUT2D eigenvalue weighted by Gasteiger charge is -1.99. The van der Waals surface area contributed by atoms with Crippen molar-refractivity contribution in [1.29, 1.82) is 0 Å². The van der Waals surface area contributed by atoms with Crippen molar-refractivity contribution in [3.8, 4) is 0 Å². The number of carbonyl (C=O) groups is 1. The van der Waals surface area contributed by atoms with Gasteiger partial charge in [0.05, 0.1) is 0 Å². The Morgan fingerprint density at radius 2 is 2.27 bits per heavy atom. The molecule has 0 radical (unpaired) electrons.